The highest BCUT2D eigenvalue weighted by atomic mass is 16.7. The molecule has 0 radical (unpaired) electrons. The smallest absolute Gasteiger partial charge is 0.306 e. The normalized spacial score (nSPS) is 21.4. The Balaban J connectivity index is 2.30. The number of unbranched alkanes of at least 4 members (excludes halogenated alkanes) is 19. The first-order chi connectivity index (χ1) is 25.9. The van der Waals surface area contributed by atoms with Gasteiger partial charge in [-0.25, -0.2) is 0 Å². The molecule has 9 heteroatoms. The molecule has 6 atom stereocenters. The summed E-state index contributed by atoms with van der Waals surface area (Å²) in [7, 11) is 0. The van der Waals surface area contributed by atoms with Gasteiger partial charge in [-0.15, -0.1) is 0 Å². The van der Waals surface area contributed by atoms with E-state index >= 15 is 0 Å². The Bertz CT molecular complexity index is 905. The zero-order valence-electron chi connectivity index (χ0n) is 33.8. The van der Waals surface area contributed by atoms with Gasteiger partial charge in [-0.2, -0.15) is 0 Å². The third-order valence-electron chi connectivity index (χ3n) is 9.78. The van der Waals surface area contributed by atoms with Gasteiger partial charge < -0.3 is 39.4 Å². The summed E-state index contributed by atoms with van der Waals surface area (Å²) in [5, 5.41) is 40.0. The van der Waals surface area contributed by atoms with Crippen LogP contribution in [0.2, 0.25) is 0 Å². The van der Waals surface area contributed by atoms with Crippen molar-refractivity contribution in [2.24, 2.45) is 0 Å². The second-order valence-electron chi connectivity index (χ2n) is 14.8. The highest BCUT2D eigenvalue weighted by Gasteiger charge is 2.44. The molecule has 1 saturated heterocycles. The van der Waals surface area contributed by atoms with Crippen LogP contribution in [0.5, 0.6) is 0 Å². The van der Waals surface area contributed by atoms with Crippen molar-refractivity contribution < 1.29 is 44.2 Å². The minimum absolute atomic E-state index is 0.121. The Labute approximate surface area is 323 Å². The predicted molar refractivity (Wildman–Crippen MR) is 215 cm³/mol. The Morgan fingerprint density at radius 2 is 1.11 bits per heavy atom. The molecule has 4 N–H and O–H groups in total. The lowest BCUT2D eigenvalue weighted by Crippen LogP contribution is -2.59. The summed E-state index contributed by atoms with van der Waals surface area (Å²) >= 11 is 0. The topological polar surface area (TPSA) is 135 Å². The van der Waals surface area contributed by atoms with Crippen molar-refractivity contribution in [1.29, 1.82) is 0 Å². The summed E-state index contributed by atoms with van der Waals surface area (Å²) in [5.74, 6) is -0.327. The first kappa shape index (κ1) is 49.4. The average molecular weight is 753 g/mol. The van der Waals surface area contributed by atoms with E-state index in [0.717, 1.165) is 64.2 Å². The van der Waals surface area contributed by atoms with Crippen LogP contribution in [0.25, 0.3) is 0 Å². The van der Waals surface area contributed by atoms with E-state index in [1.165, 1.54) is 89.9 Å². The van der Waals surface area contributed by atoms with Crippen LogP contribution in [-0.2, 0) is 23.7 Å². The third-order valence-corrected chi connectivity index (χ3v) is 9.78. The Kier molecular flexibility index (Phi) is 33.6. The molecule has 0 aliphatic carbocycles. The van der Waals surface area contributed by atoms with Crippen LogP contribution in [0, 0.1) is 0 Å². The van der Waals surface area contributed by atoms with E-state index in [1.54, 1.807) is 0 Å². The molecule has 0 aromatic heterocycles. The molecule has 53 heavy (non-hydrogen) atoms. The van der Waals surface area contributed by atoms with Crippen molar-refractivity contribution in [3.8, 4) is 0 Å². The number of esters is 1. The molecular formula is C44H80O9. The summed E-state index contributed by atoms with van der Waals surface area (Å²) in [4.78, 5) is 12.7. The van der Waals surface area contributed by atoms with E-state index in [4.69, 9.17) is 18.9 Å². The van der Waals surface area contributed by atoms with E-state index in [2.05, 4.69) is 50.3 Å². The molecule has 0 amide bonds. The van der Waals surface area contributed by atoms with Crippen LogP contribution in [0.3, 0.4) is 0 Å². The average Bonchev–Trinajstić information content (AvgIpc) is 3.16. The monoisotopic (exact) mass is 753 g/mol. The fourth-order valence-corrected chi connectivity index (χ4v) is 6.33. The highest BCUT2D eigenvalue weighted by Crippen LogP contribution is 2.22. The van der Waals surface area contributed by atoms with Crippen molar-refractivity contribution in [1.82, 2.24) is 0 Å². The molecule has 1 fully saturated rings. The molecule has 9 nitrogen and oxygen atoms in total. The number of hydrogen-bond acceptors (Lipinski definition) is 9. The van der Waals surface area contributed by atoms with Gasteiger partial charge in [0.15, 0.2) is 6.29 Å². The molecule has 0 aromatic carbocycles. The van der Waals surface area contributed by atoms with E-state index in [-0.39, 0.29) is 19.2 Å². The number of allylic oxidation sites excluding steroid dienone is 6. The molecule has 1 rings (SSSR count). The maximum atomic E-state index is 12.7. The molecule has 1 aliphatic rings. The zero-order valence-corrected chi connectivity index (χ0v) is 33.8. The largest absolute Gasteiger partial charge is 0.457 e. The maximum Gasteiger partial charge on any atom is 0.306 e. The molecule has 6 unspecified atom stereocenters. The second-order valence-corrected chi connectivity index (χ2v) is 14.8. The summed E-state index contributed by atoms with van der Waals surface area (Å²) in [6.07, 6.45) is 34.5. The van der Waals surface area contributed by atoms with Crippen LogP contribution in [0.4, 0.5) is 0 Å². The summed E-state index contributed by atoms with van der Waals surface area (Å²) in [6.45, 7) is 4.48. The van der Waals surface area contributed by atoms with Gasteiger partial charge >= 0.3 is 5.97 Å². The number of ether oxygens (including phenoxy) is 4. The van der Waals surface area contributed by atoms with Gasteiger partial charge in [0, 0.05) is 13.0 Å². The number of hydrogen-bond donors (Lipinski definition) is 4. The quantitative estimate of drug-likeness (QED) is 0.0281. The number of rotatable bonds is 36. The van der Waals surface area contributed by atoms with Gasteiger partial charge in [0.2, 0.25) is 0 Å². The van der Waals surface area contributed by atoms with Gasteiger partial charge in [0.25, 0.3) is 0 Å². The first-order valence-corrected chi connectivity index (χ1v) is 21.6. The molecule has 1 heterocycles. The molecule has 0 aromatic rings. The van der Waals surface area contributed by atoms with Crippen LogP contribution in [0.15, 0.2) is 36.5 Å². The fourth-order valence-electron chi connectivity index (χ4n) is 6.33. The van der Waals surface area contributed by atoms with Crippen LogP contribution >= 0.6 is 0 Å². The molecule has 0 bridgehead atoms. The van der Waals surface area contributed by atoms with Gasteiger partial charge in [-0.3, -0.25) is 4.79 Å². The molecule has 310 valence electrons. The zero-order chi connectivity index (χ0) is 38.6. The molecule has 0 saturated carbocycles. The van der Waals surface area contributed by atoms with Crippen molar-refractivity contribution in [2.75, 3.05) is 26.4 Å². The number of carbonyl (C=O) groups excluding carboxylic acids is 1. The van der Waals surface area contributed by atoms with E-state index in [9.17, 15) is 25.2 Å². The van der Waals surface area contributed by atoms with Gasteiger partial charge in [0.1, 0.15) is 30.5 Å². The third kappa shape index (κ3) is 27.6. The first-order valence-electron chi connectivity index (χ1n) is 21.6. The van der Waals surface area contributed by atoms with E-state index in [0.29, 0.717) is 13.0 Å². The fraction of sp³-hybridized carbons (Fsp3) is 0.841. The van der Waals surface area contributed by atoms with Crippen LogP contribution in [0.1, 0.15) is 174 Å². The van der Waals surface area contributed by atoms with Crippen molar-refractivity contribution >= 4 is 5.97 Å². The summed E-state index contributed by atoms with van der Waals surface area (Å²) in [6, 6.07) is 0. The predicted octanol–water partition coefficient (Wildman–Crippen LogP) is 9.19. The molecule has 0 spiro atoms. The number of aliphatic hydroxyl groups is 4. The molecular weight excluding hydrogens is 672 g/mol. The van der Waals surface area contributed by atoms with Gasteiger partial charge in [-0.1, -0.05) is 140 Å². The van der Waals surface area contributed by atoms with Crippen LogP contribution in [-0.4, -0.2) is 89.6 Å². The standard InChI is InChI=1S/C44H80O9/c1-3-5-7-9-11-13-15-17-19-21-23-25-27-29-31-33-40(46)52-38(37-51-44-43(49)42(48)41(47)39(35-45)53-44)36-50-34-32-30-28-26-24-22-20-18-16-14-12-10-8-6-4-2/h10,12,16-19,38-39,41-45,47-49H,3-9,11,13-15,20-37H2,1-2H3/b12-10-,18-16-,19-17-. The van der Waals surface area contributed by atoms with Crippen LogP contribution < -0.4 is 0 Å². The molecule has 1 aliphatic heterocycles. The Hall–Kier alpha value is -1.59. The van der Waals surface area contributed by atoms with Gasteiger partial charge in [0.05, 0.1) is 19.8 Å². The minimum Gasteiger partial charge on any atom is -0.457 e. The lowest BCUT2D eigenvalue weighted by molar-refractivity contribution is -0.305. The highest BCUT2D eigenvalue weighted by molar-refractivity contribution is 5.69. The lowest BCUT2D eigenvalue weighted by atomic mass is 9.99. The van der Waals surface area contributed by atoms with Gasteiger partial charge in [-0.05, 0) is 64.2 Å². The SMILES string of the molecule is CCCC/C=C\C/C=C\CCCCCCCCOCC(COC1OC(CO)C(O)C(O)C1O)OC(=O)CCCCCCC/C=C\CCCCCCCC. The van der Waals surface area contributed by atoms with Crippen molar-refractivity contribution in [3.63, 3.8) is 0 Å². The van der Waals surface area contributed by atoms with Crippen molar-refractivity contribution in [2.45, 2.75) is 211 Å². The maximum absolute atomic E-state index is 12.7. The van der Waals surface area contributed by atoms with E-state index in [1.807, 2.05) is 0 Å². The van der Waals surface area contributed by atoms with Crippen molar-refractivity contribution in [3.05, 3.63) is 36.5 Å². The second kappa shape index (κ2) is 36.1. The number of aliphatic hydroxyl groups excluding tert-OH is 4. The Morgan fingerprint density at radius 1 is 0.604 bits per heavy atom. The lowest BCUT2D eigenvalue weighted by Gasteiger charge is -2.39. The Morgan fingerprint density at radius 3 is 1.70 bits per heavy atom. The minimum atomic E-state index is -1.54. The summed E-state index contributed by atoms with van der Waals surface area (Å²) < 4.78 is 22.8. The summed E-state index contributed by atoms with van der Waals surface area (Å²) in [5.41, 5.74) is 0. The van der Waals surface area contributed by atoms with E-state index < -0.39 is 43.4 Å². The number of carbonyl (C=O) groups is 1.